The Morgan fingerprint density at radius 2 is 2.14 bits per heavy atom. The van der Waals surface area contributed by atoms with Crippen LogP contribution in [0.4, 0.5) is 15.8 Å². The minimum absolute atomic E-state index is 0.200. The van der Waals surface area contributed by atoms with Gasteiger partial charge in [-0.2, -0.15) is 0 Å². The van der Waals surface area contributed by atoms with E-state index in [1.54, 1.807) is 6.07 Å². The molecule has 0 bridgehead atoms. The first-order chi connectivity index (χ1) is 6.65. The van der Waals surface area contributed by atoms with Gasteiger partial charge in [0.2, 0.25) is 0 Å². The highest BCUT2D eigenvalue weighted by atomic mass is 19.1. The number of hydrogen-bond acceptors (Lipinski definition) is 3. The Kier molecular flexibility index (Phi) is 2.29. The molecule has 0 saturated heterocycles. The molecule has 2 rings (SSSR count). The Balaban J connectivity index is 2.02. The number of nitrogens with two attached hydrogens (primary N) is 1. The summed E-state index contributed by atoms with van der Waals surface area (Å²) in [6.45, 7) is 0. The molecule has 3 nitrogen and oxygen atoms in total. The maximum Gasteiger partial charge on any atom is 0.125 e. The highest BCUT2D eigenvalue weighted by molar-refractivity contribution is 5.66. The number of nitrogen functional groups attached to an aromatic ring is 1. The molecule has 0 unspecified atom stereocenters. The van der Waals surface area contributed by atoms with Crippen molar-refractivity contribution in [3.8, 4) is 0 Å². The lowest BCUT2D eigenvalue weighted by Gasteiger charge is -2.33. The fourth-order valence-corrected chi connectivity index (χ4v) is 1.59. The molecular weight excluding hydrogens is 183 g/mol. The monoisotopic (exact) mass is 196 g/mol. The smallest absolute Gasteiger partial charge is 0.125 e. The lowest BCUT2D eigenvalue weighted by molar-refractivity contribution is 0.0837. The van der Waals surface area contributed by atoms with Gasteiger partial charge in [0.25, 0.3) is 0 Å². The number of aliphatic hydroxyl groups is 1. The van der Waals surface area contributed by atoms with E-state index in [-0.39, 0.29) is 18.0 Å². The second-order valence-corrected chi connectivity index (χ2v) is 3.70. The normalized spacial score (nSPS) is 25.6. The molecule has 1 aliphatic rings. The fourth-order valence-electron chi connectivity index (χ4n) is 1.59. The van der Waals surface area contributed by atoms with E-state index in [0.29, 0.717) is 5.69 Å². The standard InChI is InChI=1S/C10H13FN2O/c11-6-1-2-10(9(12)3-6)13-7-4-8(14)5-7/h1-3,7-8,13-14H,4-5,12H2. The van der Waals surface area contributed by atoms with Crippen molar-refractivity contribution in [2.24, 2.45) is 0 Å². The third kappa shape index (κ3) is 1.80. The Hall–Kier alpha value is -1.29. The van der Waals surface area contributed by atoms with Crippen molar-refractivity contribution >= 4 is 11.4 Å². The first kappa shape index (κ1) is 9.27. The maximum atomic E-state index is 12.7. The van der Waals surface area contributed by atoms with Crippen LogP contribution in [0.25, 0.3) is 0 Å². The summed E-state index contributed by atoms with van der Waals surface area (Å²) in [7, 11) is 0. The molecule has 1 fully saturated rings. The van der Waals surface area contributed by atoms with Crippen LogP contribution in [0.1, 0.15) is 12.8 Å². The molecule has 1 aromatic rings. The van der Waals surface area contributed by atoms with Gasteiger partial charge in [0, 0.05) is 6.04 Å². The predicted octanol–water partition coefficient (Wildman–Crippen LogP) is 1.34. The second-order valence-electron chi connectivity index (χ2n) is 3.70. The van der Waals surface area contributed by atoms with Crippen LogP contribution >= 0.6 is 0 Å². The third-order valence-electron chi connectivity index (χ3n) is 2.49. The summed E-state index contributed by atoms with van der Waals surface area (Å²) in [4.78, 5) is 0. The van der Waals surface area contributed by atoms with Crippen molar-refractivity contribution in [3.63, 3.8) is 0 Å². The van der Waals surface area contributed by atoms with Crippen LogP contribution in [0.3, 0.4) is 0 Å². The van der Waals surface area contributed by atoms with E-state index in [2.05, 4.69) is 5.32 Å². The Labute approximate surface area is 81.7 Å². The summed E-state index contributed by atoms with van der Waals surface area (Å²) in [6, 6.07) is 4.54. The van der Waals surface area contributed by atoms with Gasteiger partial charge in [0.15, 0.2) is 0 Å². The van der Waals surface area contributed by atoms with Gasteiger partial charge in [0.1, 0.15) is 5.82 Å². The molecule has 4 heteroatoms. The van der Waals surface area contributed by atoms with Gasteiger partial charge in [0.05, 0.1) is 17.5 Å². The van der Waals surface area contributed by atoms with Crippen LogP contribution in [0.2, 0.25) is 0 Å². The molecule has 0 spiro atoms. The topological polar surface area (TPSA) is 58.3 Å². The summed E-state index contributed by atoms with van der Waals surface area (Å²) in [6.07, 6.45) is 1.27. The Morgan fingerprint density at radius 1 is 1.43 bits per heavy atom. The first-order valence-electron chi connectivity index (χ1n) is 4.65. The van der Waals surface area contributed by atoms with Crippen molar-refractivity contribution in [1.29, 1.82) is 0 Å². The number of hydrogen-bond donors (Lipinski definition) is 3. The van der Waals surface area contributed by atoms with Crippen molar-refractivity contribution in [2.45, 2.75) is 25.0 Å². The SMILES string of the molecule is Nc1cc(F)ccc1NC1CC(O)C1. The van der Waals surface area contributed by atoms with E-state index < -0.39 is 0 Å². The zero-order valence-electron chi connectivity index (χ0n) is 7.70. The quantitative estimate of drug-likeness (QED) is 0.626. The number of halogens is 1. The minimum Gasteiger partial charge on any atom is -0.397 e. The summed E-state index contributed by atoms with van der Waals surface area (Å²) >= 11 is 0. The van der Waals surface area contributed by atoms with Gasteiger partial charge in [-0.15, -0.1) is 0 Å². The second kappa shape index (κ2) is 3.46. The van der Waals surface area contributed by atoms with Crippen LogP contribution in [-0.4, -0.2) is 17.3 Å². The van der Waals surface area contributed by atoms with E-state index in [1.165, 1.54) is 12.1 Å². The molecule has 1 aromatic carbocycles. The van der Waals surface area contributed by atoms with Crippen molar-refractivity contribution in [1.82, 2.24) is 0 Å². The highest BCUT2D eigenvalue weighted by Crippen LogP contribution is 2.27. The van der Waals surface area contributed by atoms with E-state index in [0.717, 1.165) is 18.5 Å². The van der Waals surface area contributed by atoms with Crippen LogP contribution in [0.15, 0.2) is 18.2 Å². The summed E-state index contributed by atoms with van der Waals surface area (Å²) < 4.78 is 12.7. The number of nitrogens with one attached hydrogen (secondary N) is 1. The molecule has 1 aliphatic carbocycles. The molecule has 0 heterocycles. The average Bonchev–Trinajstić information content (AvgIpc) is 2.06. The molecule has 0 aromatic heterocycles. The summed E-state index contributed by atoms with van der Waals surface area (Å²) in [5, 5.41) is 12.2. The molecule has 0 atom stereocenters. The Morgan fingerprint density at radius 3 is 2.71 bits per heavy atom. The summed E-state index contributed by atoms with van der Waals surface area (Å²) in [5.41, 5.74) is 6.77. The molecular formula is C10H13FN2O. The predicted molar refractivity (Wildman–Crippen MR) is 53.5 cm³/mol. The average molecular weight is 196 g/mol. The van der Waals surface area contributed by atoms with E-state index >= 15 is 0 Å². The van der Waals surface area contributed by atoms with Gasteiger partial charge in [-0.25, -0.2) is 4.39 Å². The van der Waals surface area contributed by atoms with E-state index in [9.17, 15) is 4.39 Å². The van der Waals surface area contributed by atoms with Crippen molar-refractivity contribution in [2.75, 3.05) is 11.1 Å². The van der Waals surface area contributed by atoms with Crippen LogP contribution in [0, 0.1) is 5.82 Å². The maximum absolute atomic E-state index is 12.7. The lowest BCUT2D eigenvalue weighted by Crippen LogP contribution is -2.39. The van der Waals surface area contributed by atoms with Crippen molar-refractivity contribution < 1.29 is 9.50 Å². The first-order valence-corrected chi connectivity index (χ1v) is 4.65. The Bertz CT molecular complexity index is 337. The molecule has 0 radical (unpaired) electrons. The van der Waals surface area contributed by atoms with Crippen LogP contribution < -0.4 is 11.1 Å². The molecule has 1 saturated carbocycles. The van der Waals surface area contributed by atoms with Gasteiger partial charge >= 0.3 is 0 Å². The zero-order valence-corrected chi connectivity index (χ0v) is 7.70. The molecule has 14 heavy (non-hydrogen) atoms. The number of rotatable bonds is 2. The lowest BCUT2D eigenvalue weighted by atomic mass is 9.89. The molecule has 0 aliphatic heterocycles. The fraction of sp³-hybridized carbons (Fsp3) is 0.400. The van der Waals surface area contributed by atoms with Crippen LogP contribution in [-0.2, 0) is 0 Å². The van der Waals surface area contributed by atoms with E-state index in [1.807, 2.05) is 0 Å². The highest BCUT2D eigenvalue weighted by Gasteiger charge is 2.27. The van der Waals surface area contributed by atoms with Gasteiger partial charge in [-0.05, 0) is 31.0 Å². The van der Waals surface area contributed by atoms with E-state index in [4.69, 9.17) is 10.8 Å². The van der Waals surface area contributed by atoms with Gasteiger partial charge in [-0.1, -0.05) is 0 Å². The van der Waals surface area contributed by atoms with Crippen molar-refractivity contribution in [3.05, 3.63) is 24.0 Å². The largest absolute Gasteiger partial charge is 0.397 e. The minimum atomic E-state index is -0.332. The zero-order chi connectivity index (χ0) is 10.1. The molecule has 4 N–H and O–H groups in total. The number of aliphatic hydroxyl groups excluding tert-OH is 1. The number of benzene rings is 1. The van der Waals surface area contributed by atoms with Crippen LogP contribution in [0.5, 0.6) is 0 Å². The third-order valence-corrected chi connectivity index (χ3v) is 2.49. The molecule has 0 amide bonds. The van der Waals surface area contributed by atoms with Gasteiger partial charge in [-0.3, -0.25) is 0 Å². The molecule has 76 valence electrons. The number of anilines is 2. The summed E-state index contributed by atoms with van der Waals surface area (Å²) in [5.74, 6) is -0.332. The van der Waals surface area contributed by atoms with Gasteiger partial charge < -0.3 is 16.2 Å².